The summed E-state index contributed by atoms with van der Waals surface area (Å²) in [5.74, 6) is 0.400. The molecule has 0 heterocycles. The van der Waals surface area contributed by atoms with Gasteiger partial charge in [-0.3, -0.25) is 0 Å². The number of hydrogen-bond donors (Lipinski definition) is 0. The van der Waals surface area contributed by atoms with E-state index in [1.165, 1.54) is 22.3 Å². The van der Waals surface area contributed by atoms with E-state index in [1.54, 1.807) is 0 Å². The molecule has 0 aromatic heterocycles. The van der Waals surface area contributed by atoms with E-state index >= 15 is 0 Å². The predicted molar refractivity (Wildman–Crippen MR) is 68.4 cm³/mol. The third-order valence-corrected chi connectivity index (χ3v) is 3.54. The van der Waals surface area contributed by atoms with Gasteiger partial charge in [-0.15, -0.1) is 0 Å². The van der Waals surface area contributed by atoms with Crippen molar-refractivity contribution in [2.45, 2.75) is 5.82 Å². The summed E-state index contributed by atoms with van der Waals surface area (Å²) < 4.78 is 0. The highest BCUT2D eigenvalue weighted by molar-refractivity contribution is 9.23. The average Bonchev–Trinajstić information content (AvgIpc) is 2.63. The van der Waals surface area contributed by atoms with Gasteiger partial charge in [0.2, 0.25) is 6.10 Å². The van der Waals surface area contributed by atoms with E-state index in [1.807, 2.05) is 0 Å². The second kappa shape index (κ2) is 3.53. The minimum Gasteiger partial charge on any atom is -0.165 e. The van der Waals surface area contributed by atoms with Crippen molar-refractivity contribution in [3.05, 3.63) is 59.7 Å². The van der Waals surface area contributed by atoms with Gasteiger partial charge in [0, 0.05) is 0 Å². The Hall–Kier alpha value is -1.02. The molecule has 2 aromatic carbocycles. The average molecular weight is 256 g/mol. The van der Waals surface area contributed by atoms with E-state index in [4.69, 9.17) is 0 Å². The van der Waals surface area contributed by atoms with Crippen molar-refractivity contribution in [1.29, 1.82) is 0 Å². The molecule has 0 saturated heterocycles. The molecule has 0 N–H and O–H groups in total. The van der Waals surface area contributed by atoms with Crippen LogP contribution in [0.25, 0.3) is 11.1 Å². The standard InChI is InChI=1S/C13H9BBr/c15-14-13-11-7-3-1-5-9(11)10-6-2-4-8-12(10)13/h1-8,13H. The van der Waals surface area contributed by atoms with Crippen molar-refractivity contribution >= 4 is 21.9 Å². The minimum atomic E-state index is 0.400. The first-order chi connectivity index (χ1) is 7.42. The summed E-state index contributed by atoms with van der Waals surface area (Å²) in [6.45, 7) is 0. The summed E-state index contributed by atoms with van der Waals surface area (Å²) >= 11 is 3.49. The zero-order chi connectivity index (χ0) is 10.3. The number of halogens is 1. The Morgan fingerprint density at radius 3 is 1.73 bits per heavy atom. The highest BCUT2D eigenvalue weighted by Gasteiger charge is 2.27. The molecule has 0 atom stereocenters. The number of hydrogen-bond acceptors (Lipinski definition) is 0. The van der Waals surface area contributed by atoms with E-state index in [0.717, 1.165) is 0 Å². The lowest BCUT2D eigenvalue weighted by atomic mass is 9.79. The molecule has 1 aliphatic rings. The first kappa shape index (κ1) is 9.23. The molecule has 0 amide bonds. The molecule has 1 radical (unpaired) electrons. The Labute approximate surface area is 98.5 Å². The van der Waals surface area contributed by atoms with Gasteiger partial charge in [0.25, 0.3) is 0 Å². The van der Waals surface area contributed by atoms with Crippen LogP contribution in [0.4, 0.5) is 0 Å². The maximum atomic E-state index is 3.49. The molecule has 0 unspecified atom stereocenters. The highest BCUT2D eigenvalue weighted by Crippen LogP contribution is 2.44. The van der Waals surface area contributed by atoms with E-state index in [9.17, 15) is 0 Å². The monoisotopic (exact) mass is 255 g/mol. The number of benzene rings is 2. The molecule has 0 aliphatic heterocycles. The minimum absolute atomic E-state index is 0.400. The summed E-state index contributed by atoms with van der Waals surface area (Å²) in [6, 6.07) is 17.2. The van der Waals surface area contributed by atoms with Crippen molar-refractivity contribution in [3.8, 4) is 11.1 Å². The van der Waals surface area contributed by atoms with Gasteiger partial charge in [0.1, 0.15) is 0 Å². The first-order valence-corrected chi connectivity index (χ1v) is 5.95. The van der Waals surface area contributed by atoms with Crippen molar-refractivity contribution < 1.29 is 0 Å². The fourth-order valence-electron chi connectivity index (χ4n) is 2.33. The van der Waals surface area contributed by atoms with Crippen molar-refractivity contribution in [3.63, 3.8) is 0 Å². The molecule has 15 heavy (non-hydrogen) atoms. The van der Waals surface area contributed by atoms with Gasteiger partial charge in [-0.05, 0) is 28.1 Å². The van der Waals surface area contributed by atoms with E-state index in [-0.39, 0.29) is 0 Å². The van der Waals surface area contributed by atoms with Gasteiger partial charge in [-0.25, -0.2) is 0 Å². The van der Waals surface area contributed by atoms with Gasteiger partial charge < -0.3 is 0 Å². The maximum Gasteiger partial charge on any atom is 0.218 e. The molecule has 0 saturated carbocycles. The van der Waals surface area contributed by atoms with Gasteiger partial charge in [-0.1, -0.05) is 48.5 Å². The summed E-state index contributed by atoms with van der Waals surface area (Å²) in [5.41, 5.74) is 5.54. The molecule has 0 nitrogen and oxygen atoms in total. The quantitative estimate of drug-likeness (QED) is 0.681. The zero-order valence-corrected chi connectivity index (χ0v) is 9.74. The Bertz CT molecular complexity index is 462. The summed E-state index contributed by atoms with van der Waals surface area (Å²) in [4.78, 5) is 0. The second-order valence-corrected chi connectivity index (χ2v) is 4.31. The lowest BCUT2D eigenvalue weighted by Crippen LogP contribution is -1.99. The van der Waals surface area contributed by atoms with Crippen molar-refractivity contribution in [1.82, 2.24) is 0 Å². The Morgan fingerprint density at radius 2 is 1.27 bits per heavy atom. The van der Waals surface area contributed by atoms with Gasteiger partial charge in [0.15, 0.2) is 0 Å². The molecule has 2 aromatic rings. The van der Waals surface area contributed by atoms with E-state index in [0.29, 0.717) is 5.82 Å². The van der Waals surface area contributed by atoms with E-state index in [2.05, 4.69) is 70.4 Å². The molecule has 0 spiro atoms. The largest absolute Gasteiger partial charge is 0.218 e. The lowest BCUT2D eigenvalue weighted by molar-refractivity contribution is 1.20. The summed E-state index contributed by atoms with van der Waals surface area (Å²) in [6.07, 6.45) is 2.09. The van der Waals surface area contributed by atoms with Gasteiger partial charge in [0.05, 0.1) is 0 Å². The van der Waals surface area contributed by atoms with Crippen LogP contribution in [0.2, 0.25) is 0 Å². The topological polar surface area (TPSA) is 0 Å². The molecular formula is C13H9BBr. The van der Waals surface area contributed by atoms with Crippen LogP contribution in [-0.2, 0) is 0 Å². The summed E-state index contributed by atoms with van der Waals surface area (Å²) in [7, 11) is 0. The maximum absolute atomic E-state index is 3.49. The molecule has 0 bridgehead atoms. The third kappa shape index (κ3) is 1.28. The van der Waals surface area contributed by atoms with Crippen LogP contribution in [0, 0.1) is 0 Å². The Balaban J connectivity index is 2.31. The van der Waals surface area contributed by atoms with Crippen LogP contribution in [0.15, 0.2) is 48.5 Å². The van der Waals surface area contributed by atoms with Crippen LogP contribution in [0.3, 0.4) is 0 Å². The molecule has 2 heteroatoms. The normalized spacial score (nSPS) is 13.4. The third-order valence-electron chi connectivity index (χ3n) is 3.01. The molecule has 71 valence electrons. The van der Waals surface area contributed by atoms with Crippen LogP contribution in [-0.4, -0.2) is 6.10 Å². The van der Waals surface area contributed by atoms with Crippen LogP contribution in [0.5, 0.6) is 0 Å². The smallest absolute Gasteiger partial charge is 0.165 e. The van der Waals surface area contributed by atoms with Gasteiger partial charge >= 0.3 is 0 Å². The molecule has 3 rings (SSSR count). The molecule has 0 fully saturated rings. The fraction of sp³-hybridized carbons (Fsp3) is 0.0769. The molecule has 1 aliphatic carbocycles. The van der Waals surface area contributed by atoms with Crippen molar-refractivity contribution in [2.24, 2.45) is 0 Å². The second-order valence-electron chi connectivity index (χ2n) is 3.78. The lowest BCUT2D eigenvalue weighted by Gasteiger charge is -2.07. The van der Waals surface area contributed by atoms with Gasteiger partial charge in [-0.2, -0.15) is 15.8 Å². The fourth-order valence-corrected chi connectivity index (χ4v) is 2.90. The number of fused-ring (bicyclic) bond motifs is 3. The van der Waals surface area contributed by atoms with Crippen LogP contribution < -0.4 is 0 Å². The van der Waals surface area contributed by atoms with Crippen molar-refractivity contribution in [2.75, 3.05) is 0 Å². The zero-order valence-electron chi connectivity index (χ0n) is 8.15. The highest BCUT2D eigenvalue weighted by atomic mass is 79.9. The first-order valence-electron chi connectivity index (χ1n) is 5.03. The predicted octanol–water partition coefficient (Wildman–Crippen LogP) is 3.77. The summed E-state index contributed by atoms with van der Waals surface area (Å²) in [5, 5.41) is 0. The van der Waals surface area contributed by atoms with Crippen LogP contribution >= 0.6 is 15.8 Å². The Kier molecular flexibility index (Phi) is 2.17. The SMILES string of the molecule is Br[B]C1c2ccccc2-c2ccccc21. The van der Waals surface area contributed by atoms with E-state index < -0.39 is 0 Å². The number of rotatable bonds is 1. The van der Waals surface area contributed by atoms with Crippen LogP contribution in [0.1, 0.15) is 16.9 Å². The Morgan fingerprint density at radius 1 is 0.800 bits per heavy atom. The molecular weight excluding hydrogens is 247 g/mol.